The summed E-state index contributed by atoms with van der Waals surface area (Å²) in [5.41, 5.74) is 5.04. The molecule has 0 fully saturated rings. The summed E-state index contributed by atoms with van der Waals surface area (Å²) in [7, 11) is 2.82. The van der Waals surface area contributed by atoms with E-state index < -0.39 is 11.8 Å². The lowest BCUT2D eigenvalue weighted by Gasteiger charge is -2.14. The average molecular weight is 450 g/mol. The number of rotatable bonds is 8. The van der Waals surface area contributed by atoms with Crippen LogP contribution in [0.5, 0.6) is 17.2 Å². The van der Waals surface area contributed by atoms with Crippen molar-refractivity contribution in [2.45, 2.75) is 19.9 Å². The number of methoxy groups -OCH3 is 2. The molecule has 0 spiro atoms. The third-order valence-electron chi connectivity index (χ3n) is 3.93. The van der Waals surface area contributed by atoms with Gasteiger partial charge in [0.1, 0.15) is 5.75 Å². The minimum absolute atomic E-state index is 0.00730. The Bertz CT molecular complexity index is 964. The van der Waals surface area contributed by atoms with E-state index in [4.69, 9.17) is 25.8 Å². The Morgan fingerprint density at radius 3 is 2.23 bits per heavy atom. The van der Waals surface area contributed by atoms with Crippen LogP contribution in [0.25, 0.3) is 0 Å². The maximum absolute atomic E-state index is 12.4. The van der Waals surface area contributed by atoms with Gasteiger partial charge in [-0.05, 0) is 50.2 Å². The summed E-state index contributed by atoms with van der Waals surface area (Å²) in [5.74, 6) is -0.611. The van der Waals surface area contributed by atoms with Crippen LogP contribution in [0, 0.1) is 0 Å². The molecule has 3 N–H and O–H groups in total. The van der Waals surface area contributed by atoms with Crippen LogP contribution in [0.15, 0.2) is 36.4 Å². The molecule has 3 amide bonds. The number of nitrogens with one attached hydrogen (secondary N) is 3. The van der Waals surface area contributed by atoms with Crippen molar-refractivity contribution in [1.29, 1.82) is 0 Å². The molecule has 10 heteroatoms. The molecule has 0 atom stereocenters. The minimum Gasteiger partial charge on any atom is -0.496 e. The van der Waals surface area contributed by atoms with Crippen molar-refractivity contribution in [3.05, 3.63) is 52.5 Å². The van der Waals surface area contributed by atoms with Crippen molar-refractivity contribution < 1.29 is 28.6 Å². The number of ether oxygens (including phenoxy) is 3. The first kappa shape index (κ1) is 23.8. The number of halogens is 1. The van der Waals surface area contributed by atoms with E-state index in [1.165, 1.54) is 50.6 Å². The second-order valence-corrected chi connectivity index (χ2v) is 7.07. The second-order valence-electron chi connectivity index (χ2n) is 6.63. The zero-order valence-electron chi connectivity index (χ0n) is 17.6. The predicted molar refractivity (Wildman–Crippen MR) is 115 cm³/mol. The van der Waals surface area contributed by atoms with Crippen molar-refractivity contribution in [1.82, 2.24) is 16.2 Å². The molecule has 0 heterocycles. The molecule has 0 radical (unpaired) electrons. The van der Waals surface area contributed by atoms with Gasteiger partial charge >= 0.3 is 0 Å². The molecule has 31 heavy (non-hydrogen) atoms. The average Bonchev–Trinajstić information content (AvgIpc) is 2.74. The van der Waals surface area contributed by atoms with Gasteiger partial charge in [-0.1, -0.05) is 11.6 Å². The lowest BCUT2D eigenvalue weighted by molar-refractivity contribution is -0.123. The Balaban J connectivity index is 2.02. The van der Waals surface area contributed by atoms with Gasteiger partial charge in [0, 0.05) is 16.6 Å². The van der Waals surface area contributed by atoms with Crippen LogP contribution in [0.2, 0.25) is 5.02 Å². The van der Waals surface area contributed by atoms with Crippen LogP contribution in [0.1, 0.15) is 34.6 Å². The van der Waals surface area contributed by atoms with Gasteiger partial charge in [0.05, 0.1) is 19.8 Å². The van der Waals surface area contributed by atoms with Crippen LogP contribution in [-0.2, 0) is 4.79 Å². The lowest BCUT2D eigenvalue weighted by Crippen LogP contribution is -2.41. The summed E-state index contributed by atoms with van der Waals surface area (Å²) in [6.45, 7) is 3.49. The van der Waals surface area contributed by atoms with Gasteiger partial charge < -0.3 is 19.5 Å². The zero-order chi connectivity index (χ0) is 23.0. The van der Waals surface area contributed by atoms with E-state index in [1.807, 2.05) is 13.8 Å². The Kier molecular flexibility index (Phi) is 8.51. The molecule has 9 nitrogen and oxygen atoms in total. The van der Waals surface area contributed by atoms with Gasteiger partial charge in [-0.25, -0.2) is 0 Å². The third-order valence-corrected chi connectivity index (χ3v) is 4.17. The van der Waals surface area contributed by atoms with Crippen LogP contribution >= 0.6 is 11.6 Å². The monoisotopic (exact) mass is 449 g/mol. The van der Waals surface area contributed by atoms with E-state index in [0.29, 0.717) is 10.8 Å². The maximum Gasteiger partial charge on any atom is 0.273 e. The van der Waals surface area contributed by atoms with Crippen molar-refractivity contribution in [3.63, 3.8) is 0 Å². The molecule has 2 aromatic carbocycles. The van der Waals surface area contributed by atoms with Crippen molar-refractivity contribution in [3.8, 4) is 17.2 Å². The molecule has 0 aliphatic heterocycles. The molecule has 166 valence electrons. The molecule has 2 aromatic rings. The molecular weight excluding hydrogens is 426 g/mol. The molecular formula is C21H24ClN3O6. The molecule has 0 aromatic heterocycles. The largest absolute Gasteiger partial charge is 0.496 e. The number of benzene rings is 2. The van der Waals surface area contributed by atoms with Crippen LogP contribution < -0.4 is 30.4 Å². The first-order valence-corrected chi connectivity index (χ1v) is 9.67. The fourth-order valence-corrected chi connectivity index (χ4v) is 2.70. The Morgan fingerprint density at radius 1 is 0.903 bits per heavy atom. The van der Waals surface area contributed by atoms with Gasteiger partial charge in [-0.2, -0.15) is 0 Å². The summed E-state index contributed by atoms with van der Waals surface area (Å²) in [5, 5.41) is 3.12. The van der Waals surface area contributed by atoms with Gasteiger partial charge in [0.2, 0.25) is 0 Å². The van der Waals surface area contributed by atoms with Gasteiger partial charge in [0.25, 0.3) is 17.7 Å². The molecule has 2 rings (SSSR count). The molecule has 0 aliphatic rings. The highest BCUT2D eigenvalue weighted by molar-refractivity contribution is 6.30. The fourth-order valence-electron chi connectivity index (χ4n) is 2.54. The molecule has 0 unspecified atom stereocenters. The predicted octanol–water partition coefficient (Wildman–Crippen LogP) is 2.34. The third kappa shape index (κ3) is 6.78. The highest BCUT2D eigenvalue weighted by Crippen LogP contribution is 2.28. The second kappa shape index (κ2) is 11.1. The SMILES string of the molecule is COc1cc(C(=O)NNC(=O)c2ccc(Cl)cc2OC)ccc1OCC(=O)NC(C)C. The number of amides is 3. The summed E-state index contributed by atoms with van der Waals surface area (Å²) >= 11 is 5.89. The Labute approximate surface area is 185 Å². The summed E-state index contributed by atoms with van der Waals surface area (Å²) in [6, 6.07) is 8.90. The lowest BCUT2D eigenvalue weighted by atomic mass is 10.2. The summed E-state index contributed by atoms with van der Waals surface area (Å²) in [6.07, 6.45) is 0. The standard InChI is InChI=1S/C21H24ClN3O6/c1-12(2)23-19(26)11-31-16-8-5-13(9-18(16)30-4)20(27)24-25-21(28)15-7-6-14(22)10-17(15)29-3/h5-10,12H,11H2,1-4H3,(H,23,26)(H,24,27)(H,25,28). The number of hydrogen-bond acceptors (Lipinski definition) is 6. The van der Waals surface area contributed by atoms with Gasteiger partial charge in [-0.3, -0.25) is 25.2 Å². The number of carbonyl (C=O) groups excluding carboxylic acids is 3. The molecule has 0 saturated carbocycles. The number of carbonyl (C=O) groups is 3. The number of hydrogen-bond donors (Lipinski definition) is 3. The van der Waals surface area contributed by atoms with Crippen LogP contribution in [0.4, 0.5) is 0 Å². The van der Waals surface area contributed by atoms with Crippen molar-refractivity contribution >= 4 is 29.3 Å². The molecule has 0 bridgehead atoms. The summed E-state index contributed by atoms with van der Waals surface area (Å²) < 4.78 is 15.8. The first-order chi connectivity index (χ1) is 14.7. The van der Waals surface area contributed by atoms with E-state index in [9.17, 15) is 14.4 Å². The van der Waals surface area contributed by atoms with Crippen LogP contribution in [0.3, 0.4) is 0 Å². The quantitative estimate of drug-likeness (QED) is 0.533. The Hall–Kier alpha value is -3.46. The van der Waals surface area contributed by atoms with E-state index in [1.54, 1.807) is 0 Å². The zero-order valence-corrected chi connectivity index (χ0v) is 18.3. The topological polar surface area (TPSA) is 115 Å². The highest BCUT2D eigenvalue weighted by Gasteiger charge is 2.16. The number of hydrazine groups is 1. The van der Waals surface area contributed by atoms with Crippen LogP contribution in [-0.4, -0.2) is 44.6 Å². The van der Waals surface area contributed by atoms with Crippen molar-refractivity contribution in [2.75, 3.05) is 20.8 Å². The summed E-state index contributed by atoms with van der Waals surface area (Å²) in [4.78, 5) is 36.5. The molecule has 0 saturated heterocycles. The Morgan fingerprint density at radius 2 is 1.58 bits per heavy atom. The van der Waals surface area contributed by atoms with Gasteiger partial charge in [0.15, 0.2) is 18.1 Å². The first-order valence-electron chi connectivity index (χ1n) is 9.29. The van der Waals surface area contributed by atoms with Gasteiger partial charge in [-0.15, -0.1) is 0 Å². The van der Waals surface area contributed by atoms with Crippen molar-refractivity contribution in [2.24, 2.45) is 0 Å². The smallest absolute Gasteiger partial charge is 0.273 e. The fraction of sp³-hybridized carbons (Fsp3) is 0.286. The van der Waals surface area contributed by atoms with E-state index in [0.717, 1.165) is 0 Å². The maximum atomic E-state index is 12.4. The minimum atomic E-state index is -0.580. The van der Waals surface area contributed by atoms with E-state index in [2.05, 4.69) is 16.2 Å². The van der Waals surface area contributed by atoms with E-state index in [-0.39, 0.29) is 41.2 Å². The van der Waals surface area contributed by atoms with E-state index >= 15 is 0 Å². The highest BCUT2D eigenvalue weighted by atomic mass is 35.5. The molecule has 0 aliphatic carbocycles. The normalized spacial score (nSPS) is 10.3.